The van der Waals surface area contributed by atoms with E-state index in [0.717, 1.165) is 12.8 Å². The quantitative estimate of drug-likeness (QED) is 0.483. The lowest BCUT2D eigenvalue weighted by molar-refractivity contribution is -0.0933. The molecule has 1 N–H and O–H groups in total. The van der Waals surface area contributed by atoms with Crippen LogP contribution in [0.15, 0.2) is 12.7 Å². The predicted octanol–water partition coefficient (Wildman–Crippen LogP) is 1.96. The third-order valence-corrected chi connectivity index (χ3v) is 2.33. The SMILES string of the molecule is C=CC(OCOC)C(C)(C)CCCO. The van der Waals surface area contributed by atoms with E-state index in [-0.39, 0.29) is 24.9 Å². The fourth-order valence-corrected chi connectivity index (χ4v) is 1.43. The van der Waals surface area contributed by atoms with E-state index in [2.05, 4.69) is 20.4 Å². The molecule has 0 spiro atoms. The summed E-state index contributed by atoms with van der Waals surface area (Å²) in [6.45, 7) is 8.45. The number of methoxy groups -OCH3 is 1. The van der Waals surface area contributed by atoms with Crippen LogP contribution in [0.2, 0.25) is 0 Å². The van der Waals surface area contributed by atoms with E-state index in [1.165, 1.54) is 0 Å². The molecule has 1 atom stereocenters. The Morgan fingerprint density at radius 3 is 2.57 bits per heavy atom. The van der Waals surface area contributed by atoms with Crippen molar-refractivity contribution in [2.75, 3.05) is 20.5 Å². The average Bonchev–Trinajstić information content (AvgIpc) is 2.16. The summed E-state index contributed by atoms with van der Waals surface area (Å²) in [6, 6.07) is 0. The molecule has 1 unspecified atom stereocenters. The van der Waals surface area contributed by atoms with Crippen LogP contribution >= 0.6 is 0 Å². The van der Waals surface area contributed by atoms with Gasteiger partial charge in [0.25, 0.3) is 0 Å². The van der Waals surface area contributed by atoms with E-state index in [1.807, 2.05) is 0 Å². The molecule has 0 radical (unpaired) electrons. The minimum Gasteiger partial charge on any atom is -0.396 e. The third-order valence-electron chi connectivity index (χ3n) is 2.33. The molecule has 0 fully saturated rings. The van der Waals surface area contributed by atoms with Crippen LogP contribution < -0.4 is 0 Å². The molecule has 0 rings (SSSR count). The van der Waals surface area contributed by atoms with Crippen LogP contribution in [-0.2, 0) is 9.47 Å². The molecular formula is C11H22O3. The molecule has 0 aliphatic carbocycles. The Kier molecular flexibility index (Phi) is 6.79. The van der Waals surface area contributed by atoms with Crippen LogP contribution in [0.4, 0.5) is 0 Å². The Hall–Kier alpha value is -0.380. The number of aliphatic hydroxyl groups excluding tert-OH is 1. The van der Waals surface area contributed by atoms with Crippen molar-refractivity contribution in [2.24, 2.45) is 5.41 Å². The molecule has 0 aliphatic heterocycles. The van der Waals surface area contributed by atoms with Crippen LogP contribution in [0.1, 0.15) is 26.7 Å². The molecule has 0 bridgehead atoms. The first-order valence-electron chi connectivity index (χ1n) is 4.92. The van der Waals surface area contributed by atoms with E-state index in [4.69, 9.17) is 14.6 Å². The molecule has 0 aliphatic rings. The van der Waals surface area contributed by atoms with E-state index in [1.54, 1.807) is 13.2 Å². The van der Waals surface area contributed by atoms with Gasteiger partial charge in [0.2, 0.25) is 0 Å². The van der Waals surface area contributed by atoms with Gasteiger partial charge in [-0.25, -0.2) is 0 Å². The van der Waals surface area contributed by atoms with Crippen molar-refractivity contribution >= 4 is 0 Å². The van der Waals surface area contributed by atoms with Crippen molar-refractivity contribution < 1.29 is 14.6 Å². The highest BCUT2D eigenvalue weighted by atomic mass is 16.7. The van der Waals surface area contributed by atoms with Gasteiger partial charge in [-0.2, -0.15) is 0 Å². The lowest BCUT2D eigenvalue weighted by Gasteiger charge is -2.31. The second-order valence-corrected chi connectivity index (χ2v) is 4.05. The first-order valence-corrected chi connectivity index (χ1v) is 4.92. The highest BCUT2D eigenvalue weighted by molar-refractivity contribution is 4.91. The summed E-state index contributed by atoms with van der Waals surface area (Å²) in [5, 5.41) is 8.77. The minimum atomic E-state index is -0.0333. The van der Waals surface area contributed by atoms with Crippen LogP contribution in [0, 0.1) is 5.41 Å². The summed E-state index contributed by atoms with van der Waals surface area (Å²) in [5.41, 5.74) is -0.0109. The van der Waals surface area contributed by atoms with Crippen molar-refractivity contribution in [3.8, 4) is 0 Å². The second kappa shape index (κ2) is 6.98. The van der Waals surface area contributed by atoms with Gasteiger partial charge in [-0.05, 0) is 18.3 Å². The Morgan fingerprint density at radius 2 is 2.14 bits per heavy atom. The van der Waals surface area contributed by atoms with Gasteiger partial charge in [0.1, 0.15) is 6.79 Å². The standard InChI is InChI=1S/C11H22O3/c1-5-10(14-9-13-4)11(2,3)7-6-8-12/h5,10,12H,1,6-9H2,2-4H3. The zero-order valence-electron chi connectivity index (χ0n) is 9.45. The number of rotatable bonds is 8. The van der Waals surface area contributed by atoms with E-state index in [0.29, 0.717) is 0 Å². The topological polar surface area (TPSA) is 38.7 Å². The van der Waals surface area contributed by atoms with Gasteiger partial charge in [0, 0.05) is 13.7 Å². The summed E-state index contributed by atoms with van der Waals surface area (Å²) >= 11 is 0. The normalized spacial score (nSPS) is 14.0. The summed E-state index contributed by atoms with van der Waals surface area (Å²) in [5.74, 6) is 0. The summed E-state index contributed by atoms with van der Waals surface area (Å²) in [7, 11) is 1.60. The molecular weight excluding hydrogens is 180 g/mol. The highest BCUT2D eigenvalue weighted by Crippen LogP contribution is 2.29. The smallest absolute Gasteiger partial charge is 0.147 e. The van der Waals surface area contributed by atoms with Gasteiger partial charge < -0.3 is 14.6 Å². The lowest BCUT2D eigenvalue weighted by atomic mass is 9.82. The predicted molar refractivity (Wildman–Crippen MR) is 57.0 cm³/mol. The van der Waals surface area contributed by atoms with Crippen molar-refractivity contribution in [3.05, 3.63) is 12.7 Å². The molecule has 0 aromatic carbocycles. The van der Waals surface area contributed by atoms with Crippen molar-refractivity contribution in [1.29, 1.82) is 0 Å². The third kappa shape index (κ3) is 4.74. The molecule has 84 valence electrons. The van der Waals surface area contributed by atoms with Gasteiger partial charge in [0.15, 0.2) is 0 Å². The lowest BCUT2D eigenvalue weighted by Crippen LogP contribution is -2.31. The van der Waals surface area contributed by atoms with E-state index < -0.39 is 0 Å². The first-order chi connectivity index (χ1) is 6.58. The van der Waals surface area contributed by atoms with Gasteiger partial charge >= 0.3 is 0 Å². The molecule has 0 aromatic rings. The Balaban J connectivity index is 4.10. The maximum Gasteiger partial charge on any atom is 0.147 e. The first kappa shape index (κ1) is 13.6. The molecule has 0 aromatic heterocycles. The zero-order chi connectivity index (χ0) is 11.0. The Labute approximate surface area is 86.7 Å². The number of aliphatic hydroxyl groups is 1. The molecule has 0 amide bonds. The number of hydrogen-bond donors (Lipinski definition) is 1. The summed E-state index contributed by atoms with van der Waals surface area (Å²) in [6.07, 6.45) is 3.45. The van der Waals surface area contributed by atoms with Gasteiger partial charge in [-0.1, -0.05) is 19.9 Å². The van der Waals surface area contributed by atoms with Crippen molar-refractivity contribution in [1.82, 2.24) is 0 Å². The van der Waals surface area contributed by atoms with E-state index in [9.17, 15) is 0 Å². The van der Waals surface area contributed by atoms with Crippen LogP contribution in [0.3, 0.4) is 0 Å². The monoisotopic (exact) mass is 202 g/mol. The van der Waals surface area contributed by atoms with E-state index >= 15 is 0 Å². The fourth-order valence-electron chi connectivity index (χ4n) is 1.43. The Bertz CT molecular complexity index is 155. The maximum absolute atomic E-state index is 8.77. The Morgan fingerprint density at radius 1 is 1.50 bits per heavy atom. The van der Waals surface area contributed by atoms with Gasteiger partial charge in [0.05, 0.1) is 6.10 Å². The largest absolute Gasteiger partial charge is 0.396 e. The fraction of sp³-hybridized carbons (Fsp3) is 0.818. The summed E-state index contributed by atoms with van der Waals surface area (Å²) < 4.78 is 10.3. The zero-order valence-corrected chi connectivity index (χ0v) is 9.45. The van der Waals surface area contributed by atoms with Gasteiger partial charge in [-0.15, -0.1) is 6.58 Å². The average molecular weight is 202 g/mol. The van der Waals surface area contributed by atoms with Crippen LogP contribution in [0.25, 0.3) is 0 Å². The summed E-state index contributed by atoms with van der Waals surface area (Å²) in [4.78, 5) is 0. The molecule has 0 heterocycles. The molecule has 14 heavy (non-hydrogen) atoms. The molecule has 0 saturated heterocycles. The number of hydrogen-bond acceptors (Lipinski definition) is 3. The van der Waals surface area contributed by atoms with Crippen molar-refractivity contribution in [2.45, 2.75) is 32.8 Å². The van der Waals surface area contributed by atoms with Crippen LogP contribution in [0.5, 0.6) is 0 Å². The van der Waals surface area contributed by atoms with Crippen LogP contribution in [-0.4, -0.2) is 31.7 Å². The highest BCUT2D eigenvalue weighted by Gasteiger charge is 2.27. The second-order valence-electron chi connectivity index (χ2n) is 4.05. The molecule has 3 nitrogen and oxygen atoms in total. The van der Waals surface area contributed by atoms with Gasteiger partial charge in [-0.3, -0.25) is 0 Å². The maximum atomic E-state index is 8.77. The number of ether oxygens (including phenoxy) is 2. The molecule has 3 heteroatoms. The minimum absolute atomic E-state index is 0.0109. The van der Waals surface area contributed by atoms with Crippen molar-refractivity contribution in [3.63, 3.8) is 0 Å². The molecule has 0 saturated carbocycles.